The lowest BCUT2D eigenvalue weighted by molar-refractivity contribution is -0.118. The van der Waals surface area contributed by atoms with Crippen molar-refractivity contribution in [2.45, 2.75) is 18.4 Å². The van der Waals surface area contributed by atoms with Crippen molar-refractivity contribution in [2.75, 3.05) is 12.4 Å². The highest BCUT2D eigenvalue weighted by Gasteiger charge is 2.07. The minimum atomic E-state index is -0.191. The normalized spacial score (nSPS) is 10.8. The van der Waals surface area contributed by atoms with Crippen LogP contribution in [0.25, 0.3) is 0 Å². The van der Waals surface area contributed by atoms with E-state index >= 15 is 0 Å². The average molecular weight is 455 g/mol. The van der Waals surface area contributed by atoms with E-state index in [1.165, 1.54) is 11.8 Å². The van der Waals surface area contributed by atoms with E-state index in [2.05, 4.69) is 10.5 Å². The van der Waals surface area contributed by atoms with Crippen LogP contribution in [0.1, 0.15) is 18.1 Å². The van der Waals surface area contributed by atoms with Gasteiger partial charge in [0.25, 0.3) is 0 Å². The Kier molecular flexibility index (Phi) is 8.82. The van der Waals surface area contributed by atoms with Crippen molar-refractivity contribution in [3.05, 3.63) is 88.9 Å². The third kappa shape index (κ3) is 7.66. The van der Waals surface area contributed by atoms with Crippen LogP contribution in [0.15, 0.2) is 82.8 Å². The van der Waals surface area contributed by atoms with Gasteiger partial charge in [0.2, 0.25) is 5.91 Å². The Balaban J connectivity index is 1.53. The molecule has 0 saturated carbocycles. The molecule has 0 bridgehead atoms. The molecule has 3 aromatic carbocycles. The third-order valence-electron chi connectivity index (χ3n) is 4.09. The maximum Gasteiger partial charge on any atom is 0.250 e. The number of rotatable bonds is 10. The third-order valence-corrected chi connectivity index (χ3v) is 5.36. The molecule has 0 aliphatic carbocycles. The number of nitrogens with one attached hydrogen (secondary N) is 1. The molecule has 0 fully saturated rings. The lowest BCUT2D eigenvalue weighted by atomic mass is 10.2. The van der Waals surface area contributed by atoms with Crippen molar-refractivity contribution in [1.29, 1.82) is 0 Å². The number of hydrazone groups is 1. The molecule has 0 spiro atoms. The summed E-state index contributed by atoms with van der Waals surface area (Å²) in [5.74, 6) is 1.36. The molecular formula is C24H23ClN2O3S. The van der Waals surface area contributed by atoms with Gasteiger partial charge in [0.1, 0.15) is 6.61 Å². The summed E-state index contributed by atoms with van der Waals surface area (Å²) in [6.45, 7) is 2.89. The zero-order valence-electron chi connectivity index (χ0n) is 17.1. The predicted molar refractivity (Wildman–Crippen MR) is 126 cm³/mol. The van der Waals surface area contributed by atoms with Crippen LogP contribution in [0.2, 0.25) is 5.02 Å². The Morgan fingerprint density at radius 3 is 2.55 bits per heavy atom. The van der Waals surface area contributed by atoms with Crippen molar-refractivity contribution < 1.29 is 14.3 Å². The highest BCUT2D eigenvalue weighted by molar-refractivity contribution is 8.00. The fourth-order valence-electron chi connectivity index (χ4n) is 2.62. The second-order valence-corrected chi connectivity index (χ2v) is 7.93. The summed E-state index contributed by atoms with van der Waals surface area (Å²) in [7, 11) is 0. The van der Waals surface area contributed by atoms with E-state index < -0.39 is 0 Å². The molecule has 160 valence electrons. The van der Waals surface area contributed by atoms with Crippen molar-refractivity contribution >= 4 is 35.5 Å². The molecule has 0 unspecified atom stereocenters. The first-order chi connectivity index (χ1) is 15.1. The topological polar surface area (TPSA) is 59.9 Å². The Labute approximate surface area is 191 Å². The van der Waals surface area contributed by atoms with Crippen molar-refractivity contribution in [1.82, 2.24) is 5.43 Å². The zero-order chi connectivity index (χ0) is 21.9. The summed E-state index contributed by atoms with van der Waals surface area (Å²) in [6, 6.07) is 22.8. The number of ether oxygens (including phenoxy) is 2. The van der Waals surface area contributed by atoms with Gasteiger partial charge in [0.05, 0.1) is 18.6 Å². The smallest absolute Gasteiger partial charge is 0.250 e. The Morgan fingerprint density at radius 2 is 1.81 bits per heavy atom. The number of carbonyl (C=O) groups is 1. The number of benzene rings is 3. The second-order valence-electron chi connectivity index (χ2n) is 6.45. The second kappa shape index (κ2) is 12.0. The summed E-state index contributed by atoms with van der Waals surface area (Å²) in [6.07, 6.45) is 1.58. The van der Waals surface area contributed by atoms with Crippen LogP contribution in [0.4, 0.5) is 0 Å². The van der Waals surface area contributed by atoms with E-state index in [1.54, 1.807) is 18.3 Å². The molecule has 7 heteroatoms. The predicted octanol–water partition coefficient (Wildman–Crippen LogP) is 5.56. The van der Waals surface area contributed by atoms with Crippen LogP contribution >= 0.6 is 23.4 Å². The minimum absolute atomic E-state index is 0.191. The van der Waals surface area contributed by atoms with Gasteiger partial charge in [-0.05, 0) is 60.5 Å². The van der Waals surface area contributed by atoms with Gasteiger partial charge in [-0.15, -0.1) is 11.8 Å². The summed E-state index contributed by atoms with van der Waals surface area (Å²) < 4.78 is 11.6. The van der Waals surface area contributed by atoms with Crippen molar-refractivity contribution in [3.8, 4) is 11.5 Å². The first-order valence-electron chi connectivity index (χ1n) is 9.78. The molecule has 0 aliphatic rings. The van der Waals surface area contributed by atoms with Gasteiger partial charge in [0, 0.05) is 9.92 Å². The number of thioether (sulfide) groups is 1. The van der Waals surface area contributed by atoms with Crippen LogP contribution in [0.3, 0.4) is 0 Å². The Morgan fingerprint density at radius 1 is 1.03 bits per heavy atom. The summed E-state index contributed by atoms with van der Waals surface area (Å²) >= 11 is 7.28. The van der Waals surface area contributed by atoms with Crippen molar-refractivity contribution in [2.24, 2.45) is 5.10 Å². The fourth-order valence-corrected chi connectivity index (χ4v) is 3.44. The van der Waals surface area contributed by atoms with Gasteiger partial charge < -0.3 is 9.47 Å². The molecule has 0 aliphatic heterocycles. The van der Waals surface area contributed by atoms with Gasteiger partial charge in [-0.1, -0.05) is 41.9 Å². The van der Waals surface area contributed by atoms with E-state index in [4.69, 9.17) is 21.1 Å². The molecule has 31 heavy (non-hydrogen) atoms. The van der Waals surface area contributed by atoms with E-state index in [0.29, 0.717) is 29.7 Å². The molecule has 1 amide bonds. The minimum Gasteiger partial charge on any atom is -0.490 e. The Hall–Kier alpha value is -2.96. The molecule has 3 rings (SSSR count). The lowest BCUT2D eigenvalue weighted by Gasteiger charge is -2.12. The number of hydrogen-bond donors (Lipinski definition) is 1. The first-order valence-corrected chi connectivity index (χ1v) is 11.1. The Bertz CT molecular complexity index is 1010. The van der Waals surface area contributed by atoms with Crippen LogP contribution in [0.5, 0.6) is 11.5 Å². The standard InChI is InChI=1S/C24H23ClN2O3S/c1-2-29-23-14-19(8-13-22(23)30-16-18-6-4-3-5-7-18)15-26-27-24(28)17-31-21-11-9-20(25)10-12-21/h3-15H,2,16-17H2,1H3,(H,27,28)/b26-15+. The quantitative estimate of drug-likeness (QED) is 0.247. The summed E-state index contributed by atoms with van der Waals surface area (Å²) in [5, 5.41) is 4.70. The largest absolute Gasteiger partial charge is 0.490 e. The number of carbonyl (C=O) groups excluding carboxylic acids is 1. The lowest BCUT2D eigenvalue weighted by Crippen LogP contribution is -2.19. The van der Waals surface area contributed by atoms with Gasteiger partial charge in [-0.2, -0.15) is 5.10 Å². The van der Waals surface area contributed by atoms with Gasteiger partial charge >= 0.3 is 0 Å². The number of hydrogen-bond acceptors (Lipinski definition) is 5. The van der Waals surface area contributed by atoms with Gasteiger partial charge in [-0.25, -0.2) is 5.43 Å². The highest BCUT2D eigenvalue weighted by Crippen LogP contribution is 2.29. The van der Waals surface area contributed by atoms with E-state index in [-0.39, 0.29) is 11.7 Å². The van der Waals surface area contributed by atoms with E-state index in [0.717, 1.165) is 16.0 Å². The molecule has 3 aromatic rings. The number of amides is 1. The zero-order valence-corrected chi connectivity index (χ0v) is 18.7. The molecular weight excluding hydrogens is 432 g/mol. The van der Waals surface area contributed by atoms with Crippen LogP contribution in [-0.4, -0.2) is 24.5 Å². The van der Waals surface area contributed by atoms with E-state index in [9.17, 15) is 4.79 Å². The SMILES string of the molecule is CCOc1cc(/C=N/NC(=O)CSc2ccc(Cl)cc2)ccc1OCc1ccccc1. The maximum absolute atomic E-state index is 12.0. The first kappa shape index (κ1) is 22.7. The number of nitrogens with zero attached hydrogens (tertiary/aromatic N) is 1. The van der Waals surface area contributed by atoms with Crippen LogP contribution in [-0.2, 0) is 11.4 Å². The number of halogens is 1. The summed E-state index contributed by atoms with van der Waals surface area (Å²) in [5.41, 5.74) is 4.41. The maximum atomic E-state index is 12.0. The average Bonchev–Trinajstić information content (AvgIpc) is 2.79. The van der Waals surface area contributed by atoms with Gasteiger partial charge in [0.15, 0.2) is 11.5 Å². The highest BCUT2D eigenvalue weighted by atomic mass is 35.5. The molecule has 0 atom stereocenters. The van der Waals surface area contributed by atoms with Crippen molar-refractivity contribution in [3.63, 3.8) is 0 Å². The van der Waals surface area contributed by atoms with Gasteiger partial charge in [-0.3, -0.25) is 4.79 Å². The molecule has 5 nitrogen and oxygen atoms in total. The summed E-state index contributed by atoms with van der Waals surface area (Å²) in [4.78, 5) is 13.0. The van der Waals surface area contributed by atoms with Crippen LogP contribution in [0, 0.1) is 0 Å². The molecule has 0 radical (unpaired) electrons. The molecule has 0 aromatic heterocycles. The molecule has 0 saturated heterocycles. The van der Waals surface area contributed by atoms with E-state index in [1.807, 2.05) is 67.6 Å². The monoisotopic (exact) mass is 454 g/mol. The fraction of sp³-hybridized carbons (Fsp3) is 0.167. The van der Waals surface area contributed by atoms with Crippen LogP contribution < -0.4 is 14.9 Å². The molecule has 0 heterocycles. The molecule has 1 N–H and O–H groups in total.